The second-order valence-corrected chi connectivity index (χ2v) is 16.5. The number of hydrogen-bond donors (Lipinski definition) is 0. The highest BCUT2D eigenvalue weighted by atomic mass is 79.9. The number of halogens is 1. The highest BCUT2D eigenvalue weighted by molar-refractivity contribution is 9.10. The third-order valence-electron chi connectivity index (χ3n) is 12.1. The smallest absolute Gasteiger partial charge is 0.0543 e. The van der Waals surface area contributed by atoms with Gasteiger partial charge in [0, 0.05) is 26.8 Å². The second-order valence-electron chi connectivity index (χ2n) is 15.6. The van der Waals surface area contributed by atoms with Gasteiger partial charge < -0.3 is 4.90 Å². The molecule has 0 N–H and O–H groups in total. The molecule has 6 aliphatic rings. The molecular weight excluding hydrogens is 682 g/mol. The second kappa shape index (κ2) is 13.3. The van der Waals surface area contributed by atoms with Gasteiger partial charge >= 0.3 is 0 Å². The monoisotopic (exact) mass is 727 g/mol. The highest BCUT2D eigenvalue weighted by Crippen LogP contribution is 2.54. The average Bonchev–Trinajstić information content (AvgIpc) is 3.39. The molecule has 6 aromatic rings. The van der Waals surface area contributed by atoms with Crippen molar-refractivity contribution in [2.24, 2.45) is 0 Å². The predicted molar refractivity (Wildman–Crippen MR) is 219 cm³/mol. The van der Waals surface area contributed by atoms with E-state index in [4.69, 9.17) is 0 Å². The third kappa shape index (κ3) is 5.96. The molecule has 51 heavy (non-hydrogen) atoms. The SMILES string of the molecule is CC1(C)c2ccccc2-c2cc(-c3ccccc3)c(N(c3ccc(C4CCCCC4)cc3)c3cc4ccc3CCc3ccc(c(Br)c3)CC4)cc21. The molecule has 254 valence electrons. The van der Waals surface area contributed by atoms with Crippen LogP contribution in [0.25, 0.3) is 22.3 Å². The predicted octanol–water partition coefficient (Wildman–Crippen LogP) is 13.8. The highest BCUT2D eigenvalue weighted by Gasteiger charge is 2.37. The Kier molecular flexibility index (Phi) is 8.47. The van der Waals surface area contributed by atoms with E-state index in [1.807, 2.05) is 0 Å². The minimum atomic E-state index is -0.104. The Morgan fingerprint density at radius 1 is 0.549 bits per heavy atom. The molecule has 0 aromatic heterocycles. The number of rotatable bonds is 5. The quantitative estimate of drug-likeness (QED) is 0.171. The first-order chi connectivity index (χ1) is 24.9. The lowest BCUT2D eigenvalue weighted by molar-refractivity contribution is 0.443. The Bertz CT molecular complexity index is 2220. The lowest BCUT2D eigenvalue weighted by Crippen LogP contribution is -2.18. The normalized spacial score (nSPS) is 16.3. The van der Waals surface area contributed by atoms with Crippen molar-refractivity contribution in [2.75, 3.05) is 4.90 Å². The first-order valence-corrected chi connectivity index (χ1v) is 19.9. The molecule has 0 saturated heterocycles. The van der Waals surface area contributed by atoms with Gasteiger partial charge in [0.25, 0.3) is 0 Å². The van der Waals surface area contributed by atoms with Crippen molar-refractivity contribution in [3.05, 3.63) is 171 Å². The van der Waals surface area contributed by atoms with Crippen LogP contribution in [0.15, 0.2) is 132 Å². The number of hydrogen-bond acceptors (Lipinski definition) is 1. The number of fused-ring (bicyclic) bond motifs is 3. The molecule has 1 fully saturated rings. The fraction of sp³-hybridized carbons (Fsp3) is 0.265. The van der Waals surface area contributed by atoms with Crippen LogP contribution in [-0.2, 0) is 31.1 Å². The van der Waals surface area contributed by atoms with Gasteiger partial charge in [-0.05, 0) is 136 Å². The van der Waals surface area contributed by atoms with Crippen molar-refractivity contribution >= 4 is 33.0 Å². The van der Waals surface area contributed by atoms with Crippen LogP contribution < -0.4 is 4.90 Å². The summed E-state index contributed by atoms with van der Waals surface area (Å²) in [5.41, 5.74) is 18.8. The summed E-state index contributed by atoms with van der Waals surface area (Å²) >= 11 is 3.89. The van der Waals surface area contributed by atoms with Gasteiger partial charge in [0.2, 0.25) is 0 Å². The van der Waals surface area contributed by atoms with Crippen LogP contribution in [0.2, 0.25) is 0 Å². The van der Waals surface area contributed by atoms with Crippen LogP contribution in [0.4, 0.5) is 17.1 Å². The molecule has 1 saturated carbocycles. The molecule has 0 unspecified atom stereocenters. The van der Waals surface area contributed by atoms with Crippen LogP contribution in [0, 0.1) is 0 Å². The van der Waals surface area contributed by atoms with Crippen molar-refractivity contribution in [1.82, 2.24) is 0 Å². The molecule has 0 heterocycles. The van der Waals surface area contributed by atoms with Gasteiger partial charge in [-0.1, -0.05) is 140 Å². The molecule has 4 bridgehead atoms. The Morgan fingerprint density at radius 3 is 2.00 bits per heavy atom. The van der Waals surface area contributed by atoms with E-state index >= 15 is 0 Å². The maximum absolute atomic E-state index is 3.89. The van der Waals surface area contributed by atoms with Crippen LogP contribution in [0.1, 0.15) is 90.8 Å². The van der Waals surface area contributed by atoms with Crippen molar-refractivity contribution in [1.29, 1.82) is 0 Å². The zero-order chi connectivity index (χ0) is 34.5. The van der Waals surface area contributed by atoms with E-state index in [0.29, 0.717) is 5.92 Å². The Balaban J connectivity index is 1.27. The first-order valence-electron chi connectivity index (χ1n) is 19.1. The molecule has 2 heteroatoms. The van der Waals surface area contributed by atoms with Gasteiger partial charge in [0.15, 0.2) is 0 Å². The Labute approximate surface area is 312 Å². The maximum atomic E-state index is 3.89. The summed E-state index contributed by atoms with van der Waals surface area (Å²) in [5, 5.41) is 0. The summed E-state index contributed by atoms with van der Waals surface area (Å²) in [6, 6.07) is 49.2. The molecule has 0 atom stereocenters. The standard InChI is InChI=1S/C49H46BrN/c1-49(2)44-16-10-9-15-41(44)43-31-42(37-13-7-4-8-14-37)48(32-45(43)49)51(40-27-25-36(26-28-40)35-11-5-3-6-12-35)47-30-34-18-22-38-21-17-33(29-46(38)50)19-23-39(47)24-20-34/h4,7-10,13-17,20-21,24-32,35H,3,5-6,11-12,18-19,22-23H2,1-2H3. The molecule has 12 rings (SSSR count). The van der Waals surface area contributed by atoms with Crippen LogP contribution in [0.5, 0.6) is 0 Å². The van der Waals surface area contributed by atoms with E-state index in [9.17, 15) is 0 Å². The van der Waals surface area contributed by atoms with Crippen molar-refractivity contribution in [2.45, 2.75) is 83.0 Å². The number of benzene rings is 6. The fourth-order valence-electron chi connectivity index (χ4n) is 9.20. The van der Waals surface area contributed by atoms with Gasteiger partial charge in [-0.25, -0.2) is 0 Å². The molecule has 0 radical (unpaired) electrons. The zero-order valence-corrected chi connectivity index (χ0v) is 31.5. The molecule has 0 amide bonds. The first kappa shape index (κ1) is 32.5. The van der Waals surface area contributed by atoms with Gasteiger partial charge in [-0.2, -0.15) is 0 Å². The summed E-state index contributed by atoms with van der Waals surface area (Å²) in [7, 11) is 0. The van der Waals surface area contributed by atoms with E-state index < -0.39 is 0 Å². The summed E-state index contributed by atoms with van der Waals surface area (Å²) in [6.07, 6.45) is 10.7. The van der Waals surface area contributed by atoms with E-state index in [0.717, 1.165) is 25.7 Å². The Morgan fingerprint density at radius 2 is 1.24 bits per heavy atom. The average molecular weight is 729 g/mol. The van der Waals surface area contributed by atoms with Crippen molar-refractivity contribution in [3.63, 3.8) is 0 Å². The molecule has 6 aliphatic carbocycles. The summed E-state index contributed by atoms with van der Waals surface area (Å²) in [6.45, 7) is 4.81. The largest absolute Gasteiger partial charge is 0.310 e. The third-order valence-corrected chi connectivity index (χ3v) is 12.9. The zero-order valence-electron chi connectivity index (χ0n) is 29.9. The van der Waals surface area contributed by atoms with Crippen molar-refractivity contribution in [3.8, 4) is 22.3 Å². The molecule has 6 aromatic carbocycles. The molecular formula is C49H46BrN. The molecule has 0 spiro atoms. The summed E-state index contributed by atoms with van der Waals surface area (Å²) in [5.74, 6) is 0.676. The minimum absolute atomic E-state index is 0.104. The molecule has 1 nitrogen and oxygen atoms in total. The maximum Gasteiger partial charge on any atom is 0.0543 e. The van der Waals surface area contributed by atoms with E-state index in [-0.39, 0.29) is 5.41 Å². The lowest BCUT2D eigenvalue weighted by atomic mass is 9.81. The van der Waals surface area contributed by atoms with Gasteiger partial charge in [-0.15, -0.1) is 0 Å². The van der Waals surface area contributed by atoms with E-state index in [1.54, 1.807) is 0 Å². The van der Waals surface area contributed by atoms with E-state index in [2.05, 4.69) is 162 Å². The van der Waals surface area contributed by atoms with Gasteiger partial charge in [0.1, 0.15) is 0 Å². The number of aryl methyl sites for hydroxylation is 4. The topological polar surface area (TPSA) is 3.24 Å². The van der Waals surface area contributed by atoms with Gasteiger partial charge in [0.05, 0.1) is 5.69 Å². The van der Waals surface area contributed by atoms with Crippen LogP contribution >= 0.6 is 15.9 Å². The number of nitrogens with zero attached hydrogens (tertiary/aromatic N) is 1. The fourth-order valence-corrected chi connectivity index (χ4v) is 9.83. The Hall–Kier alpha value is -4.40. The lowest BCUT2D eigenvalue weighted by Gasteiger charge is -2.33. The van der Waals surface area contributed by atoms with Crippen LogP contribution in [0.3, 0.4) is 0 Å². The molecule has 0 aliphatic heterocycles. The van der Waals surface area contributed by atoms with Gasteiger partial charge in [-0.3, -0.25) is 0 Å². The minimum Gasteiger partial charge on any atom is -0.310 e. The van der Waals surface area contributed by atoms with Crippen molar-refractivity contribution < 1.29 is 0 Å². The summed E-state index contributed by atoms with van der Waals surface area (Å²) in [4.78, 5) is 2.62. The summed E-state index contributed by atoms with van der Waals surface area (Å²) < 4.78 is 1.24. The number of anilines is 3. The van der Waals surface area contributed by atoms with E-state index in [1.165, 1.54) is 115 Å². The van der Waals surface area contributed by atoms with Crippen LogP contribution in [-0.4, -0.2) is 0 Å².